The number of hydrazine groups is 1. The van der Waals surface area contributed by atoms with Crippen molar-refractivity contribution in [3.05, 3.63) is 47.5 Å². The lowest BCUT2D eigenvalue weighted by atomic mass is 10.1. The quantitative estimate of drug-likeness (QED) is 0.491. The number of nitrogens with zero attached hydrogens (tertiary/aromatic N) is 2. The number of hydrogen-bond acceptors (Lipinski definition) is 7. The molecule has 0 saturated carbocycles. The molecule has 0 aromatic heterocycles. The zero-order valence-electron chi connectivity index (χ0n) is 17.3. The van der Waals surface area contributed by atoms with Gasteiger partial charge in [0.2, 0.25) is 5.91 Å². The molecule has 0 spiro atoms. The Morgan fingerprint density at radius 1 is 1.23 bits per heavy atom. The second-order valence-electron chi connectivity index (χ2n) is 6.62. The lowest BCUT2D eigenvalue weighted by Crippen LogP contribution is -2.39. The minimum absolute atomic E-state index is 0.0656. The minimum Gasteiger partial charge on any atom is -0.507 e. The summed E-state index contributed by atoms with van der Waals surface area (Å²) in [7, 11) is 3.67. The Balaban J connectivity index is 2.17. The third-order valence-electron chi connectivity index (χ3n) is 4.15. The van der Waals surface area contributed by atoms with E-state index in [0.717, 1.165) is 5.69 Å². The monoisotopic (exact) mass is 411 g/mol. The average Bonchev–Trinajstić information content (AvgIpc) is 2.69. The van der Waals surface area contributed by atoms with Crippen molar-refractivity contribution in [3.8, 4) is 17.6 Å². The highest BCUT2D eigenvalue weighted by Crippen LogP contribution is 2.28. The van der Waals surface area contributed by atoms with Crippen LogP contribution in [0.2, 0.25) is 0 Å². The van der Waals surface area contributed by atoms with Crippen molar-refractivity contribution in [2.75, 3.05) is 30.9 Å². The molecule has 0 aliphatic rings. The smallest absolute Gasteiger partial charge is 0.269 e. The number of benzene rings is 2. The highest BCUT2D eigenvalue weighted by Gasteiger charge is 2.19. The van der Waals surface area contributed by atoms with Crippen LogP contribution in [0.3, 0.4) is 0 Å². The second-order valence-corrected chi connectivity index (χ2v) is 6.62. The van der Waals surface area contributed by atoms with E-state index in [-0.39, 0.29) is 23.0 Å². The van der Waals surface area contributed by atoms with Crippen molar-refractivity contribution in [2.24, 2.45) is 0 Å². The second kappa shape index (κ2) is 10.1. The summed E-state index contributed by atoms with van der Waals surface area (Å²) < 4.78 is 5.50. The Morgan fingerprint density at radius 3 is 2.53 bits per heavy atom. The van der Waals surface area contributed by atoms with Crippen LogP contribution in [0.4, 0.5) is 11.4 Å². The van der Waals surface area contributed by atoms with E-state index in [4.69, 9.17) is 4.74 Å². The van der Waals surface area contributed by atoms with E-state index in [2.05, 4.69) is 16.2 Å². The third kappa shape index (κ3) is 5.62. The first-order valence-corrected chi connectivity index (χ1v) is 9.27. The number of amides is 2. The number of phenols is 1. The van der Waals surface area contributed by atoms with Crippen LogP contribution in [-0.4, -0.2) is 37.6 Å². The van der Waals surface area contributed by atoms with Crippen LogP contribution in [0.5, 0.6) is 11.5 Å². The van der Waals surface area contributed by atoms with Gasteiger partial charge in [0.05, 0.1) is 18.2 Å². The summed E-state index contributed by atoms with van der Waals surface area (Å²) in [4.78, 5) is 25.7. The Kier molecular flexibility index (Phi) is 7.61. The van der Waals surface area contributed by atoms with Crippen LogP contribution in [0, 0.1) is 11.3 Å². The summed E-state index contributed by atoms with van der Waals surface area (Å²) >= 11 is 0. The molecule has 9 nitrogen and oxygen atoms in total. The topological polar surface area (TPSA) is 127 Å². The summed E-state index contributed by atoms with van der Waals surface area (Å²) in [5.41, 5.74) is 6.93. The molecule has 9 heteroatoms. The van der Waals surface area contributed by atoms with Crippen LogP contribution in [0.15, 0.2) is 36.4 Å². The van der Waals surface area contributed by atoms with Gasteiger partial charge < -0.3 is 20.1 Å². The molecule has 2 amide bonds. The van der Waals surface area contributed by atoms with Crippen molar-refractivity contribution in [2.45, 2.75) is 19.9 Å². The molecule has 0 aliphatic carbocycles. The molecule has 30 heavy (non-hydrogen) atoms. The number of rotatable bonds is 8. The number of ether oxygens (including phenoxy) is 1. The van der Waals surface area contributed by atoms with E-state index in [1.807, 2.05) is 25.1 Å². The Bertz CT molecular complexity index is 968. The molecule has 2 rings (SSSR count). The van der Waals surface area contributed by atoms with Gasteiger partial charge in [0.1, 0.15) is 17.5 Å². The fraction of sp³-hybridized carbons (Fsp3) is 0.286. The maximum Gasteiger partial charge on any atom is 0.269 e. The first-order chi connectivity index (χ1) is 14.3. The summed E-state index contributed by atoms with van der Waals surface area (Å²) in [6.45, 7) is 3.48. The molecular weight excluding hydrogens is 386 g/mol. The molecule has 0 radical (unpaired) electrons. The highest BCUT2D eigenvalue weighted by molar-refractivity contribution is 5.98. The number of carbonyl (C=O) groups excluding carboxylic acids is 2. The molecule has 1 atom stereocenters. The van der Waals surface area contributed by atoms with Crippen LogP contribution >= 0.6 is 0 Å². The van der Waals surface area contributed by atoms with Crippen molar-refractivity contribution in [3.63, 3.8) is 0 Å². The van der Waals surface area contributed by atoms with Gasteiger partial charge >= 0.3 is 0 Å². The van der Waals surface area contributed by atoms with Crippen LogP contribution in [0.1, 0.15) is 35.8 Å². The minimum atomic E-state index is -0.973. The van der Waals surface area contributed by atoms with E-state index >= 15 is 0 Å². The number of nitrogens with one attached hydrogen (secondary N) is 3. The van der Waals surface area contributed by atoms with Gasteiger partial charge in [-0.25, -0.2) is 5.43 Å². The van der Waals surface area contributed by atoms with Crippen molar-refractivity contribution < 1.29 is 19.4 Å². The lowest BCUT2D eigenvalue weighted by molar-refractivity contribution is -0.114. The summed E-state index contributed by atoms with van der Waals surface area (Å²) in [6.07, 6.45) is 0. The van der Waals surface area contributed by atoms with E-state index in [1.165, 1.54) is 19.1 Å². The molecular formula is C21H25N5O4. The van der Waals surface area contributed by atoms with E-state index in [9.17, 15) is 20.0 Å². The van der Waals surface area contributed by atoms with Gasteiger partial charge in [-0.1, -0.05) is 6.07 Å². The van der Waals surface area contributed by atoms with E-state index < -0.39 is 11.9 Å². The van der Waals surface area contributed by atoms with E-state index in [1.54, 1.807) is 31.2 Å². The molecule has 0 bridgehead atoms. The summed E-state index contributed by atoms with van der Waals surface area (Å²) in [6, 6.07) is 10.6. The van der Waals surface area contributed by atoms with Gasteiger partial charge in [-0.3, -0.25) is 15.0 Å². The van der Waals surface area contributed by atoms with Crippen molar-refractivity contribution >= 4 is 23.2 Å². The molecule has 2 aromatic rings. The van der Waals surface area contributed by atoms with Gasteiger partial charge in [-0.2, -0.15) is 5.26 Å². The number of aromatic hydroxyl groups is 1. The number of anilines is 2. The molecule has 2 aromatic carbocycles. The van der Waals surface area contributed by atoms with Crippen LogP contribution in [-0.2, 0) is 4.79 Å². The number of carbonyl (C=O) groups is 2. The number of nitriles is 1. The molecule has 0 saturated heterocycles. The van der Waals surface area contributed by atoms with Crippen molar-refractivity contribution in [1.29, 1.82) is 5.26 Å². The van der Waals surface area contributed by atoms with Gasteiger partial charge in [-0.15, -0.1) is 0 Å². The first kappa shape index (κ1) is 22.5. The van der Waals surface area contributed by atoms with Crippen LogP contribution < -0.4 is 25.8 Å². The zero-order valence-corrected chi connectivity index (χ0v) is 17.3. The summed E-state index contributed by atoms with van der Waals surface area (Å²) in [5.74, 6) is -0.551. The molecule has 0 heterocycles. The summed E-state index contributed by atoms with van der Waals surface area (Å²) in [5, 5.41) is 22.4. The van der Waals surface area contributed by atoms with Gasteiger partial charge in [-0.05, 0) is 25.1 Å². The molecule has 0 fully saturated rings. The van der Waals surface area contributed by atoms with Gasteiger partial charge in [0, 0.05) is 50.1 Å². The largest absolute Gasteiger partial charge is 0.507 e. The predicted octanol–water partition coefficient (Wildman–Crippen LogP) is 2.31. The van der Waals surface area contributed by atoms with Gasteiger partial charge in [0.15, 0.2) is 0 Å². The molecule has 158 valence electrons. The average molecular weight is 411 g/mol. The van der Waals surface area contributed by atoms with Crippen molar-refractivity contribution in [1.82, 2.24) is 10.9 Å². The fourth-order valence-corrected chi connectivity index (χ4v) is 2.70. The number of phenolic OH excluding ortho intramolecular Hbond substituents is 1. The fourth-order valence-electron chi connectivity index (χ4n) is 2.70. The third-order valence-corrected chi connectivity index (χ3v) is 4.15. The maximum absolute atomic E-state index is 12.6. The SMILES string of the molecule is CCOc1cc(NC(C)=O)ccc1C(=O)NN[C@@H](C#N)c1ccc(N(C)C)cc1O. The van der Waals surface area contributed by atoms with E-state index in [0.29, 0.717) is 17.9 Å². The normalized spacial score (nSPS) is 11.2. The molecule has 4 N–H and O–H groups in total. The Hall–Kier alpha value is -3.77. The van der Waals surface area contributed by atoms with Gasteiger partial charge in [0.25, 0.3) is 5.91 Å². The Morgan fingerprint density at radius 2 is 1.97 bits per heavy atom. The zero-order chi connectivity index (χ0) is 22.3. The number of hydrogen-bond donors (Lipinski definition) is 4. The lowest BCUT2D eigenvalue weighted by Gasteiger charge is -2.18. The maximum atomic E-state index is 12.6. The van der Waals surface area contributed by atoms with Crippen LogP contribution in [0.25, 0.3) is 0 Å². The predicted molar refractivity (Wildman–Crippen MR) is 113 cm³/mol. The highest BCUT2D eigenvalue weighted by atomic mass is 16.5. The Labute approximate surface area is 175 Å². The molecule has 0 unspecified atom stereocenters. The standard InChI is InChI=1S/C21H25N5O4/c1-5-30-20-10-14(23-13(2)27)6-8-17(20)21(29)25-24-18(12-22)16-9-7-15(26(3)4)11-19(16)28/h6-11,18,24,28H,5H2,1-4H3,(H,23,27)(H,25,29)/t18-/m0/s1. The molecule has 0 aliphatic heterocycles. The first-order valence-electron chi connectivity index (χ1n) is 9.27.